The summed E-state index contributed by atoms with van der Waals surface area (Å²) >= 11 is 0. The minimum absolute atomic E-state index is 0.256. The van der Waals surface area contributed by atoms with Gasteiger partial charge in [0.1, 0.15) is 12.4 Å². The molecule has 3 aromatic rings. The van der Waals surface area contributed by atoms with E-state index in [4.69, 9.17) is 9.47 Å². The highest BCUT2D eigenvalue weighted by atomic mass is 16.6. The maximum atomic E-state index is 12.3. The summed E-state index contributed by atoms with van der Waals surface area (Å²) < 4.78 is 11.3. The normalized spacial score (nSPS) is 14.6. The van der Waals surface area contributed by atoms with Crippen LogP contribution >= 0.6 is 0 Å². The van der Waals surface area contributed by atoms with Crippen LogP contribution in [0, 0.1) is 13.8 Å². The van der Waals surface area contributed by atoms with Gasteiger partial charge in [0.15, 0.2) is 5.70 Å². The maximum absolute atomic E-state index is 12.3. The second kappa shape index (κ2) is 8.15. The van der Waals surface area contributed by atoms with Crippen LogP contribution in [0.1, 0.15) is 27.8 Å². The zero-order valence-electron chi connectivity index (χ0n) is 16.4. The molecule has 4 heteroatoms. The van der Waals surface area contributed by atoms with E-state index >= 15 is 0 Å². The van der Waals surface area contributed by atoms with E-state index in [1.807, 2.05) is 67.6 Å². The Balaban J connectivity index is 1.56. The summed E-state index contributed by atoms with van der Waals surface area (Å²) in [6.07, 6.45) is 1.70. The van der Waals surface area contributed by atoms with Crippen molar-refractivity contribution >= 4 is 17.9 Å². The predicted octanol–water partition coefficient (Wildman–Crippen LogP) is 5.23. The van der Waals surface area contributed by atoms with Crippen LogP contribution in [-0.2, 0) is 16.1 Å². The third kappa shape index (κ3) is 4.43. The standard InChI is InChI=1S/C25H21NO3/c1-17-7-11-19(12-8-17)16-28-23-6-4-3-5-21(23)15-22-25(27)29-24(26-22)20-13-9-18(2)10-14-20/h3-15H,16H2,1-2H3/b22-15-. The molecule has 0 N–H and O–H groups in total. The van der Waals surface area contributed by atoms with Crippen molar-refractivity contribution in [1.29, 1.82) is 0 Å². The van der Waals surface area contributed by atoms with Gasteiger partial charge in [-0.1, -0.05) is 65.7 Å². The first-order valence-corrected chi connectivity index (χ1v) is 9.45. The number of nitrogens with zero attached hydrogens (tertiary/aromatic N) is 1. The number of rotatable bonds is 5. The molecule has 3 aromatic carbocycles. The second-order valence-electron chi connectivity index (χ2n) is 7.01. The van der Waals surface area contributed by atoms with Gasteiger partial charge in [-0.3, -0.25) is 0 Å². The molecule has 0 bridgehead atoms. The molecule has 0 radical (unpaired) electrons. The van der Waals surface area contributed by atoms with Crippen molar-refractivity contribution in [3.8, 4) is 5.75 Å². The highest BCUT2D eigenvalue weighted by Gasteiger charge is 2.24. The fraction of sp³-hybridized carbons (Fsp3) is 0.120. The van der Waals surface area contributed by atoms with Crippen molar-refractivity contribution in [1.82, 2.24) is 0 Å². The molecule has 4 nitrogen and oxygen atoms in total. The smallest absolute Gasteiger partial charge is 0.363 e. The van der Waals surface area contributed by atoms with E-state index in [1.165, 1.54) is 5.56 Å². The SMILES string of the molecule is Cc1ccc(COc2ccccc2/C=C2\N=C(c3ccc(C)cc3)OC2=O)cc1. The van der Waals surface area contributed by atoms with Crippen LogP contribution in [0.3, 0.4) is 0 Å². The number of cyclic esters (lactones) is 1. The summed E-state index contributed by atoms with van der Waals surface area (Å²) in [5, 5.41) is 0. The Hall–Kier alpha value is -3.66. The molecule has 1 aliphatic rings. The van der Waals surface area contributed by atoms with Gasteiger partial charge in [0.25, 0.3) is 0 Å². The molecule has 4 rings (SSSR count). The van der Waals surface area contributed by atoms with Crippen molar-refractivity contribution in [2.75, 3.05) is 0 Å². The Morgan fingerprint density at radius 2 is 1.55 bits per heavy atom. The van der Waals surface area contributed by atoms with Crippen LogP contribution in [-0.4, -0.2) is 11.9 Å². The number of hydrogen-bond donors (Lipinski definition) is 0. The Labute approximate surface area is 170 Å². The second-order valence-corrected chi connectivity index (χ2v) is 7.01. The number of esters is 1. The lowest BCUT2D eigenvalue weighted by Gasteiger charge is -2.09. The molecule has 0 aliphatic carbocycles. The molecule has 0 fully saturated rings. The van der Waals surface area contributed by atoms with Gasteiger partial charge in [-0.15, -0.1) is 0 Å². The molecule has 1 aliphatic heterocycles. The molecule has 0 spiro atoms. The van der Waals surface area contributed by atoms with E-state index in [0.717, 1.165) is 22.3 Å². The van der Waals surface area contributed by atoms with Crippen molar-refractivity contribution in [3.63, 3.8) is 0 Å². The average molecular weight is 383 g/mol. The van der Waals surface area contributed by atoms with Crippen LogP contribution < -0.4 is 4.74 Å². The van der Waals surface area contributed by atoms with E-state index in [-0.39, 0.29) is 5.70 Å². The summed E-state index contributed by atoms with van der Waals surface area (Å²) in [4.78, 5) is 16.7. The van der Waals surface area contributed by atoms with Crippen molar-refractivity contribution in [3.05, 3.63) is 106 Å². The molecule has 0 unspecified atom stereocenters. The molecule has 1 heterocycles. The zero-order valence-corrected chi connectivity index (χ0v) is 16.4. The highest BCUT2D eigenvalue weighted by molar-refractivity contribution is 6.12. The van der Waals surface area contributed by atoms with Gasteiger partial charge in [-0.25, -0.2) is 9.79 Å². The van der Waals surface area contributed by atoms with Crippen molar-refractivity contribution in [2.45, 2.75) is 20.5 Å². The minimum Gasteiger partial charge on any atom is -0.488 e. The topological polar surface area (TPSA) is 47.9 Å². The van der Waals surface area contributed by atoms with Gasteiger partial charge in [0.2, 0.25) is 5.90 Å². The van der Waals surface area contributed by atoms with Crippen LogP contribution in [0.4, 0.5) is 0 Å². The predicted molar refractivity (Wildman–Crippen MR) is 114 cm³/mol. The van der Waals surface area contributed by atoms with E-state index in [9.17, 15) is 4.79 Å². The summed E-state index contributed by atoms with van der Waals surface area (Å²) in [5.74, 6) is 0.542. The van der Waals surface area contributed by atoms with E-state index in [1.54, 1.807) is 6.08 Å². The molecule has 29 heavy (non-hydrogen) atoms. The van der Waals surface area contributed by atoms with Gasteiger partial charge < -0.3 is 9.47 Å². The van der Waals surface area contributed by atoms with Gasteiger partial charge in [-0.2, -0.15) is 0 Å². The largest absolute Gasteiger partial charge is 0.488 e. The lowest BCUT2D eigenvalue weighted by Crippen LogP contribution is -2.05. The first-order valence-electron chi connectivity index (χ1n) is 9.45. The molecule has 0 aromatic heterocycles. The number of hydrogen-bond acceptors (Lipinski definition) is 4. The maximum Gasteiger partial charge on any atom is 0.363 e. The minimum atomic E-state index is -0.464. The molecule has 0 atom stereocenters. The van der Waals surface area contributed by atoms with Crippen LogP contribution in [0.25, 0.3) is 6.08 Å². The first kappa shape index (κ1) is 18.7. The lowest BCUT2D eigenvalue weighted by atomic mass is 10.1. The van der Waals surface area contributed by atoms with Crippen LogP contribution in [0.15, 0.2) is 83.5 Å². The quantitative estimate of drug-likeness (QED) is 0.448. The van der Waals surface area contributed by atoms with Crippen LogP contribution in [0.5, 0.6) is 5.75 Å². The van der Waals surface area contributed by atoms with E-state index in [2.05, 4.69) is 24.0 Å². The number of para-hydroxylation sites is 1. The monoisotopic (exact) mass is 383 g/mol. The Kier molecular flexibility index (Phi) is 5.25. The highest BCUT2D eigenvalue weighted by Crippen LogP contribution is 2.25. The van der Waals surface area contributed by atoms with E-state index < -0.39 is 5.97 Å². The van der Waals surface area contributed by atoms with Crippen molar-refractivity contribution in [2.24, 2.45) is 4.99 Å². The van der Waals surface area contributed by atoms with Gasteiger partial charge in [-0.05, 0) is 43.7 Å². The summed E-state index contributed by atoms with van der Waals surface area (Å²) in [6.45, 7) is 4.51. The number of aryl methyl sites for hydroxylation is 2. The Morgan fingerprint density at radius 3 is 2.28 bits per heavy atom. The molecule has 0 saturated carbocycles. The lowest BCUT2D eigenvalue weighted by molar-refractivity contribution is -0.129. The molecule has 0 saturated heterocycles. The summed E-state index contributed by atoms with van der Waals surface area (Å²) in [5.41, 5.74) is 5.23. The molecular weight excluding hydrogens is 362 g/mol. The van der Waals surface area contributed by atoms with Crippen LogP contribution in [0.2, 0.25) is 0 Å². The van der Waals surface area contributed by atoms with Crippen molar-refractivity contribution < 1.29 is 14.3 Å². The van der Waals surface area contributed by atoms with Gasteiger partial charge in [0, 0.05) is 11.1 Å². The summed E-state index contributed by atoms with van der Waals surface area (Å²) in [7, 11) is 0. The molecular formula is C25H21NO3. The number of aliphatic imine (C=N–C) groups is 1. The van der Waals surface area contributed by atoms with E-state index in [0.29, 0.717) is 18.3 Å². The summed E-state index contributed by atoms with van der Waals surface area (Å²) in [6, 6.07) is 23.5. The number of carbonyl (C=O) groups is 1. The molecule has 144 valence electrons. The fourth-order valence-electron chi connectivity index (χ4n) is 2.95. The zero-order chi connectivity index (χ0) is 20.2. The average Bonchev–Trinajstić information content (AvgIpc) is 3.09. The number of benzene rings is 3. The molecule has 0 amide bonds. The number of ether oxygens (including phenoxy) is 2. The third-order valence-electron chi connectivity index (χ3n) is 4.65. The third-order valence-corrected chi connectivity index (χ3v) is 4.65. The first-order chi connectivity index (χ1) is 14.1. The van der Waals surface area contributed by atoms with Gasteiger partial charge in [0.05, 0.1) is 0 Å². The van der Waals surface area contributed by atoms with Gasteiger partial charge >= 0.3 is 5.97 Å². The Morgan fingerprint density at radius 1 is 0.897 bits per heavy atom. The Bertz CT molecular complexity index is 1090. The number of carbonyl (C=O) groups excluding carboxylic acids is 1. The fourth-order valence-corrected chi connectivity index (χ4v) is 2.95.